The maximum Gasteiger partial charge on any atom is 0.0891 e. The Bertz CT molecular complexity index is 41.8. The van der Waals surface area contributed by atoms with Crippen LogP contribution in [0.15, 0.2) is 0 Å². The van der Waals surface area contributed by atoms with Crippen molar-refractivity contribution in [3.63, 3.8) is 0 Å². The molecule has 0 aromatic rings. The minimum Gasteiger partial charge on any atom is -0.302 e. The molecule has 0 atom stereocenters. The molecule has 0 saturated heterocycles. The zero-order valence-electron chi connectivity index (χ0n) is 5.94. The Hall–Kier alpha value is -0.0800. The average molecular weight is 115 g/mol. The molecule has 0 rings (SSSR count). The zero-order chi connectivity index (χ0) is 6.41. The van der Waals surface area contributed by atoms with E-state index in [9.17, 15) is 0 Å². The fraction of sp³-hybridized carbons (Fsp3) is 0.833. The molecule has 0 aromatic heterocycles. The van der Waals surface area contributed by atoms with E-state index >= 15 is 0 Å². The molecule has 0 bridgehead atoms. The molecule has 8 heavy (non-hydrogen) atoms. The molecule has 0 unspecified atom stereocenters. The third-order valence-corrected chi connectivity index (χ3v) is 1.12. The number of nitrogens with one attached hydrogen (secondary N) is 1. The lowest BCUT2D eigenvalue weighted by Gasteiger charge is -2.15. The molecule has 0 aliphatic carbocycles. The van der Waals surface area contributed by atoms with Crippen LogP contribution in [0.25, 0.3) is 0 Å². The summed E-state index contributed by atoms with van der Waals surface area (Å²) in [6.45, 7) is 8.42. The lowest BCUT2D eigenvalue weighted by Crippen LogP contribution is -2.26. The van der Waals surface area contributed by atoms with Crippen molar-refractivity contribution in [3.8, 4) is 0 Å². The molecule has 0 aliphatic heterocycles. The number of nitrogens with zero attached hydrogens (tertiary/aromatic N) is 1. The Morgan fingerprint density at radius 2 is 1.88 bits per heavy atom. The molecule has 0 fully saturated rings. The highest BCUT2D eigenvalue weighted by Gasteiger charge is 1.93. The SMILES string of the molecule is CCN([CH]NC)CC. The average Bonchev–Trinajstić information content (AvgIpc) is 1.83. The van der Waals surface area contributed by atoms with Crippen LogP contribution < -0.4 is 5.32 Å². The van der Waals surface area contributed by atoms with Crippen molar-refractivity contribution in [1.82, 2.24) is 10.2 Å². The molecule has 0 aliphatic rings. The van der Waals surface area contributed by atoms with Crippen LogP contribution >= 0.6 is 0 Å². The van der Waals surface area contributed by atoms with Crippen LogP contribution in [0.2, 0.25) is 0 Å². The van der Waals surface area contributed by atoms with E-state index in [0.717, 1.165) is 13.1 Å². The van der Waals surface area contributed by atoms with E-state index in [4.69, 9.17) is 0 Å². The lowest BCUT2D eigenvalue weighted by atomic mass is 10.5. The second kappa shape index (κ2) is 5.06. The largest absolute Gasteiger partial charge is 0.302 e. The van der Waals surface area contributed by atoms with Gasteiger partial charge in [0.2, 0.25) is 0 Å². The standard InChI is InChI=1S/C6H15N2/c1-4-8(5-2)6-7-3/h6-7H,4-5H2,1-3H3. The van der Waals surface area contributed by atoms with Gasteiger partial charge in [0.25, 0.3) is 0 Å². The van der Waals surface area contributed by atoms with E-state index in [1.165, 1.54) is 0 Å². The first-order valence-electron chi connectivity index (χ1n) is 3.09. The van der Waals surface area contributed by atoms with E-state index < -0.39 is 0 Å². The third-order valence-electron chi connectivity index (χ3n) is 1.12. The summed E-state index contributed by atoms with van der Waals surface area (Å²) in [5.74, 6) is 0. The molecule has 0 saturated carbocycles. The Morgan fingerprint density at radius 3 is 2.00 bits per heavy atom. The smallest absolute Gasteiger partial charge is 0.0891 e. The fourth-order valence-corrected chi connectivity index (χ4v) is 0.589. The summed E-state index contributed by atoms with van der Waals surface area (Å²) in [5, 5.41) is 2.97. The van der Waals surface area contributed by atoms with Crippen LogP contribution in [0.1, 0.15) is 13.8 Å². The van der Waals surface area contributed by atoms with Crippen LogP contribution in [0.5, 0.6) is 0 Å². The van der Waals surface area contributed by atoms with Crippen molar-refractivity contribution in [2.45, 2.75) is 13.8 Å². The highest BCUT2D eigenvalue weighted by molar-refractivity contribution is 4.58. The number of hydrogen-bond donors (Lipinski definition) is 1. The molecule has 0 spiro atoms. The van der Waals surface area contributed by atoms with Gasteiger partial charge in [-0.3, -0.25) is 4.90 Å². The molecule has 1 N–H and O–H groups in total. The molecule has 49 valence electrons. The molecule has 1 radical (unpaired) electrons. The van der Waals surface area contributed by atoms with Crippen LogP contribution in [-0.2, 0) is 0 Å². The second-order valence-corrected chi connectivity index (χ2v) is 1.64. The van der Waals surface area contributed by atoms with E-state index in [-0.39, 0.29) is 0 Å². The van der Waals surface area contributed by atoms with Gasteiger partial charge >= 0.3 is 0 Å². The highest BCUT2D eigenvalue weighted by atomic mass is 15.2. The Kier molecular flexibility index (Phi) is 5.01. The molecular weight excluding hydrogens is 100 g/mol. The number of hydrogen-bond acceptors (Lipinski definition) is 2. The molecule has 0 amide bonds. The predicted molar refractivity (Wildman–Crippen MR) is 36.3 cm³/mol. The summed E-state index contributed by atoms with van der Waals surface area (Å²) in [7, 11) is 1.92. The molecule has 2 nitrogen and oxygen atoms in total. The van der Waals surface area contributed by atoms with Crippen LogP contribution in [0, 0.1) is 6.67 Å². The third kappa shape index (κ3) is 2.99. The lowest BCUT2D eigenvalue weighted by molar-refractivity contribution is 0.350. The topological polar surface area (TPSA) is 15.3 Å². The summed E-state index contributed by atoms with van der Waals surface area (Å²) in [5.41, 5.74) is 0. The minimum atomic E-state index is 1.08. The molecule has 0 aromatic carbocycles. The second-order valence-electron chi connectivity index (χ2n) is 1.64. The molecule has 2 heteroatoms. The predicted octanol–water partition coefficient (Wildman–Crippen LogP) is 0.667. The molecular formula is C6H15N2. The Labute approximate surface area is 51.9 Å². The van der Waals surface area contributed by atoms with E-state index in [0.29, 0.717) is 0 Å². The first-order valence-corrected chi connectivity index (χ1v) is 3.09. The van der Waals surface area contributed by atoms with Gasteiger partial charge in [0.1, 0.15) is 0 Å². The van der Waals surface area contributed by atoms with Gasteiger partial charge in [0.15, 0.2) is 0 Å². The molecule has 0 heterocycles. The van der Waals surface area contributed by atoms with E-state index in [1.54, 1.807) is 0 Å². The summed E-state index contributed by atoms with van der Waals surface area (Å²) >= 11 is 0. The summed E-state index contributed by atoms with van der Waals surface area (Å²) in [6, 6.07) is 0. The van der Waals surface area contributed by atoms with Gasteiger partial charge in [-0.25, -0.2) is 0 Å². The highest BCUT2D eigenvalue weighted by Crippen LogP contribution is 1.84. The van der Waals surface area contributed by atoms with Crippen molar-refractivity contribution in [2.75, 3.05) is 20.1 Å². The van der Waals surface area contributed by atoms with Gasteiger partial charge in [-0.05, 0) is 20.1 Å². The Balaban J connectivity index is 3.07. The van der Waals surface area contributed by atoms with Crippen molar-refractivity contribution in [1.29, 1.82) is 0 Å². The van der Waals surface area contributed by atoms with Gasteiger partial charge in [-0.2, -0.15) is 0 Å². The van der Waals surface area contributed by atoms with Crippen molar-refractivity contribution in [2.24, 2.45) is 0 Å². The summed E-state index contributed by atoms with van der Waals surface area (Å²) in [6.07, 6.45) is 0. The summed E-state index contributed by atoms with van der Waals surface area (Å²) < 4.78 is 0. The first-order chi connectivity index (χ1) is 3.85. The van der Waals surface area contributed by atoms with Crippen LogP contribution in [-0.4, -0.2) is 25.0 Å². The van der Waals surface area contributed by atoms with Gasteiger partial charge < -0.3 is 5.32 Å². The van der Waals surface area contributed by atoms with Crippen molar-refractivity contribution >= 4 is 0 Å². The van der Waals surface area contributed by atoms with Gasteiger partial charge in [0.05, 0.1) is 6.67 Å². The zero-order valence-corrected chi connectivity index (χ0v) is 5.94. The van der Waals surface area contributed by atoms with Gasteiger partial charge in [0, 0.05) is 0 Å². The fourth-order valence-electron chi connectivity index (χ4n) is 0.589. The van der Waals surface area contributed by atoms with Gasteiger partial charge in [-0.15, -0.1) is 0 Å². The van der Waals surface area contributed by atoms with Crippen molar-refractivity contribution in [3.05, 3.63) is 6.67 Å². The van der Waals surface area contributed by atoms with Gasteiger partial charge in [-0.1, -0.05) is 13.8 Å². The maximum absolute atomic E-state index is 2.97. The van der Waals surface area contributed by atoms with Crippen LogP contribution in [0.3, 0.4) is 0 Å². The Morgan fingerprint density at radius 1 is 1.38 bits per heavy atom. The number of rotatable bonds is 4. The first kappa shape index (κ1) is 7.92. The van der Waals surface area contributed by atoms with E-state index in [1.807, 2.05) is 13.7 Å². The maximum atomic E-state index is 2.97. The normalized spacial score (nSPS) is 10.5. The van der Waals surface area contributed by atoms with E-state index in [2.05, 4.69) is 24.1 Å². The minimum absolute atomic E-state index is 1.08. The summed E-state index contributed by atoms with van der Waals surface area (Å²) in [4.78, 5) is 2.19. The quantitative estimate of drug-likeness (QED) is 0.579. The van der Waals surface area contributed by atoms with Crippen LogP contribution in [0.4, 0.5) is 0 Å². The van der Waals surface area contributed by atoms with Crippen molar-refractivity contribution < 1.29 is 0 Å². The monoisotopic (exact) mass is 115 g/mol.